The lowest BCUT2D eigenvalue weighted by atomic mass is 9.79. The highest BCUT2D eigenvalue weighted by Gasteiger charge is 2.49. The summed E-state index contributed by atoms with van der Waals surface area (Å²) >= 11 is 0. The largest absolute Gasteiger partial charge is 0.497 e. The molecule has 0 spiro atoms. The molecule has 0 bridgehead atoms. The van der Waals surface area contributed by atoms with Gasteiger partial charge in [-0.05, 0) is 6.92 Å². The number of hydrogen-bond acceptors (Lipinski definition) is 3. The van der Waals surface area contributed by atoms with Crippen LogP contribution in [-0.4, -0.2) is 41.7 Å². The van der Waals surface area contributed by atoms with Gasteiger partial charge in [-0.25, -0.2) is 8.78 Å². The smallest absolute Gasteiger partial charge is 0.259 e. The van der Waals surface area contributed by atoms with E-state index in [9.17, 15) is 18.7 Å². The Hall–Kier alpha value is -1.69. The average Bonchev–Trinajstić information content (AvgIpc) is 2.57. The molecular formula is C15H19F2NO3. The number of carbonyl (C=O) groups excluding carboxylic acids is 1. The Kier molecular flexibility index (Phi) is 3.70. The number of halogens is 2. The Morgan fingerprint density at radius 1 is 1.24 bits per heavy atom. The minimum absolute atomic E-state index is 0.00954. The molecule has 1 atom stereocenters. The molecule has 0 radical (unpaired) electrons. The fourth-order valence-electron chi connectivity index (χ4n) is 2.46. The maximum atomic E-state index is 14.0. The predicted octanol–water partition coefficient (Wildman–Crippen LogP) is 2.21. The van der Waals surface area contributed by atoms with Crippen molar-refractivity contribution in [3.63, 3.8) is 0 Å². The summed E-state index contributed by atoms with van der Waals surface area (Å²) in [6.45, 7) is 5.48. The molecule has 0 aromatic heterocycles. The first-order valence-electron chi connectivity index (χ1n) is 6.64. The third kappa shape index (κ3) is 2.60. The van der Waals surface area contributed by atoms with Crippen molar-refractivity contribution >= 4 is 5.91 Å². The Bertz CT molecular complexity index is 545. The van der Waals surface area contributed by atoms with Gasteiger partial charge in [-0.3, -0.25) is 4.79 Å². The van der Waals surface area contributed by atoms with E-state index in [4.69, 9.17) is 4.74 Å². The molecular weight excluding hydrogens is 280 g/mol. The molecule has 1 aromatic rings. The van der Waals surface area contributed by atoms with Crippen LogP contribution in [0.5, 0.6) is 5.75 Å². The minimum Gasteiger partial charge on any atom is -0.497 e. The number of benzene rings is 1. The van der Waals surface area contributed by atoms with E-state index in [1.807, 2.05) is 0 Å². The lowest BCUT2D eigenvalue weighted by Gasteiger charge is -2.30. The van der Waals surface area contributed by atoms with Crippen molar-refractivity contribution in [1.82, 2.24) is 4.90 Å². The quantitative estimate of drug-likeness (QED) is 0.911. The summed E-state index contributed by atoms with van der Waals surface area (Å²) in [4.78, 5) is 13.6. The maximum absolute atomic E-state index is 14.0. The van der Waals surface area contributed by atoms with Crippen LogP contribution in [0.2, 0.25) is 0 Å². The zero-order valence-electron chi connectivity index (χ0n) is 12.5. The number of amides is 1. The SMILES string of the molecule is COc1cc(F)c(C(=O)N2CC(C)(C)[C@@](C)(O)C2)c(F)c1. The van der Waals surface area contributed by atoms with Crippen LogP contribution in [0, 0.1) is 17.0 Å². The monoisotopic (exact) mass is 299 g/mol. The van der Waals surface area contributed by atoms with E-state index in [-0.39, 0.29) is 18.8 Å². The Morgan fingerprint density at radius 2 is 1.76 bits per heavy atom. The zero-order valence-corrected chi connectivity index (χ0v) is 12.5. The van der Waals surface area contributed by atoms with Crippen LogP contribution in [0.3, 0.4) is 0 Å². The van der Waals surface area contributed by atoms with E-state index in [0.717, 1.165) is 12.1 Å². The van der Waals surface area contributed by atoms with Crippen molar-refractivity contribution in [2.45, 2.75) is 26.4 Å². The van der Waals surface area contributed by atoms with Gasteiger partial charge in [0.2, 0.25) is 0 Å². The molecule has 1 aromatic carbocycles. The number of rotatable bonds is 2. The van der Waals surface area contributed by atoms with Crippen molar-refractivity contribution in [1.29, 1.82) is 0 Å². The lowest BCUT2D eigenvalue weighted by Crippen LogP contribution is -2.40. The number of methoxy groups -OCH3 is 1. The number of hydrogen-bond donors (Lipinski definition) is 1. The van der Waals surface area contributed by atoms with Crippen LogP contribution in [0.25, 0.3) is 0 Å². The second-order valence-corrected chi connectivity index (χ2v) is 6.28. The van der Waals surface area contributed by atoms with E-state index < -0.39 is 34.1 Å². The van der Waals surface area contributed by atoms with Crippen molar-refractivity contribution in [2.24, 2.45) is 5.41 Å². The van der Waals surface area contributed by atoms with Crippen LogP contribution >= 0.6 is 0 Å². The molecule has 4 nitrogen and oxygen atoms in total. The highest BCUT2D eigenvalue weighted by Crippen LogP contribution is 2.39. The van der Waals surface area contributed by atoms with Crippen molar-refractivity contribution in [3.8, 4) is 5.75 Å². The van der Waals surface area contributed by atoms with Gasteiger partial charge in [0, 0.05) is 24.1 Å². The van der Waals surface area contributed by atoms with Gasteiger partial charge in [0.15, 0.2) is 0 Å². The van der Waals surface area contributed by atoms with Crippen molar-refractivity contribution in [3.05, 3.63) is 29.3 Å². The molecule has 0 unspecified atom stereocenters. The number of β-amino-alcohol motifs (C(OH)–C–C–N with tert-alkyl or cyclic N) is 1. The molecule has 21 heavy (non-hydrogen) atoms. The molecule has 2 rings (SSSR count). The third-order valence-electron chi connectivity index (χ3n) is 4.30. The molecule has 0 saturated carbocycles. The molecule has 1 fully saturated rings. The molecule has 0 aliphatic carbocycles. The Balaban J connectivity index is 2.35. The summed E-state index contributed by atoms with van der Waals surface area (Å²) in [5, 5.41) is 10.3. The third-order valence-corrected chi connectivity index (χ3v) is 4.30. The molecule has 116 valence electrons. The molecule has 1 aliphatic heterocycles. The zero-order chi connectivity index (χ0) is 16.0. The van der Waals surface area contributed by atoms with E-state index in [0.29, 0.717) is 0 Å². The predicted molar refractivity (Wildman–Crippen MR) is 73.2 cm³/mol. The highest BCUT2D eigenvalue weighted by atomic mass is 19.1. The van der Waals surface area contributed by atoms with E-state index in [1.165, 1.54) is 12.0 Å². The van der Waals surface area contributed by atoms with Crippen LogP contribution in [0.4, 0.5) is 8.78 Å². The van der Waals surface area contributed by atoms with Crippen molar-refractivity contribution < 1.29 is 23.4 Å². The van der Waals surface area contributed by atoms with Crippen LogP contribution in [0.1, 0.15) is 31.1 Å². The molecule has 1 amide bonds. The number of aliphatic hydroxyl groups is 1. The van der Waals surface area contributed by atoms with Gasteiger partial charge in [0.25, 0.3) is 5.91 Å². The summed E-state index contributed by atoms with van der Waals surface area (Å²) in [5.41, 5.74) is -2.28. The molecule has 1 saturated heterocycles. The van der Waals surface area contributed by atoms with Gasteiger partial charge >= 0.3 is 0 Å². The summed E-state index contributed by atoms with van der Waals surface area (Å²) in [7, 11) is 1.29. The van der Waals surface area contributed by atoms with Crippen LogP contribution in [-0.2, 0) is 0 Å². The van der Waals surface area contributed by atoms with Gasteiger partial charge in [-0.2, -0.15) is 0 Å². The van der Waals surface area contributed by atoms with Crippen molar-refractivity contribution in [2.75, 3.05) is 20.2 Å². The fraction of sp³-hybridized carbons (Fsp3) is 0.533. The van der Waals surface area contributed by atoms with E-state index in [1.54, 1.807) is 20.8 Å². The highest BCUT2D eigenvalue weighted by molar-refractivity contribution is 5.95. The first-order valence-corrected chi connectivity index (χ1v) is 6.64. The van der Waals surface area contributed by atoms with E-state index >= 15 is 0 Å². The lowest BCUT2D eigenvalue weighted by molar-refractivity contribution is -0.0108. The maximum Gasteiger partial charge on any atom is 0.259 e. The van der Waals surface area contributed by atoms with Crippen LogP contribution in [0.15, 0.2) is 12.1 Å². The number of ether oxygens (including phenoxy) is 1. The molecule has 6 heteroatoms. The Labute approximate surface area is 122 Å². The van der Waals surface area contributed by atoms with Gasteiger partial charge in [0.05, 0.1) is 19.3 Å². The summed E-state index contributed by atoms with van der Waals surface area (Å²) in [6.07, 6.45) is 0. The van der Waals surface area contributed by atoms with Gasteiger partial charge in [-0.15, -0.1) is 0 Å². The van der Waals surface area contributed by atoms with Gasteiger partial charge < -0.3 is 14.7 Å². The molecule has 1 N–H and O–H groups in total. The Morgan fingerprint density at radius 3 is 2.14 bits per heavy atom. The summed E-state index contributed by atoms with van der Waals surface area (Å²) in [6, 6.07) is 1.94. The first kappa shape index (κ1) is 15.7. The molecule has 1 aliphatic rings. The fourth-order valence-corrected chi connectivity index (χ4v) is 2.46. The number of likely N-dealkylation sites (tertiary alicyclic amines) is 1. The second-order valence-electron chi connectivity index (χ2n) is 6.28. The molecule has 1 heterocycles. The topological polar surface area (TPSA) is 49.8 Å². The van der Waals surface area contributed by atoms with E-state index in [2.05, 4.69) is 0 Å². The number of nitrogens with zero attached hydrogens (tertiary/aromatic N) is 1. The normalized spacial score (nSPS) is 24.2. The van der Waals surface area contributed by atoms with Crippen LogP contribution < -0.4 is 4.74 Å². The standard InChI is InChI=1S/C15H19F2NO3/c1-14(2)7-18(8-15(14,3)20)13(19)12-10(16)5-9(21-4)6-11(12)17/h5-6,20H,7-8H2,1-4H3/t15-/m0/s1. The summed E-state index contributed by atoms with van der Waals surface area (Å²) < 4.78 is 32.7. The minimum atomic E-state index is -1.11. The second kappa shape index (κ2) is 4.94. The van der Waals surface area contributed by atoms with Gasteiger partial charge in [-0.1, -0.05) is 13.8 Å². The summed E-state index contributed by atoms with van der Waals surface area (Å²) in [5.74, 6) is -2.70. The average molecular weight is 299 g/mol. The first-order chi connectivity index (χ1) is 9.59. The number of carbonyl (C=O) groups is 1. The van der Waals surface area contributed by atoms with Gasteiger partial charge in [0.1, 0.15) is 22.9 Å².